The fourth-order valence-electron chi connectivity index (χ4n) is 4.05. The Morgan fingerprint density at radius 2 is 1.96 bits per heavy atom. The van der Waals surface area contributed by atoms with Gasteiger partial charge in [0.2, 0.25) is 0 Å². The number of ether oxygens (including phenoxy) is 2. The molecule has 25 heavy (non-hydrogen) atoms. The minimum absolute atomic E-state index is 0.0142. The van der Waals surface area contributed by atoms with Crippen LogP contribution in [-0.4, -0.2) is 49.1 Å². The van der Waals surface area contributed by atoms with Crippen molar-refractivity contribution in [2.24, 2.45) is 11.3 Å². The second-order valence-electron chi connectivity index (χ2n) is 7.07. The molecular weight excluding hydrogens is 320 g/mol. The molecule has 0 radical (unpaired) electrons. The molecule has 2 aromatic rings. The average molecular weight is 342 g/mol. The lowest BCUT2D eigenvalue weighted by Crippen LogP contribution is -2.40. The van der Waals surface area contributed by atoms with E-state index < -0.39 is 0 Å². The van der Waals surface area contributed by atoms with Crippen molar-refractivity contribution >= 4 is 22.8 Å². The summed E-state index contributed by atoms with van der Waals surface area (Å²) in [5.41, 5.74) is 1.56. The van der Waals surface area contributed by atoms with Gasteiger partial charge in [-0.05, 0) is 42.9 Å². The van der Waals surface area contributed by atoms with Gasteiger partial charge in [-0.25, -0.2) is 0 Å². The molecule has 2 fully saturated rings. The summed E-state index contributed by atoms with van der Waals surface area (Å²) in [7, 11) is 3.07. The standard InChI is InChI=1S/C19H22N2O4/c1-24-13-4-3-12-9-16(20-15(12)10-13)17(22)21-7-5-19(6-8-21)11-14(19)18(23)25-2/h3-4,9-10,14,20H,5-8,11H2,1-2H3. The topological polar surface area (TPSA) is 71.6 Å². The maximum atomic E-state index is 12.8. The zero-order valence-corrected chi connectivity index (χ0v) is 14.5. The lowest BCUT2D eigenvalue weighted by Gasteiger charge is -2.32. The average Bonchev–Trinajstić information content (AvgIpc) is 3.16. The van der Waals surface area contributed by atoms with Crippen LogP contribution in [0.2, 0.25) is 0 Å². The summed E-state index contributed by atoms with van der Waals surface area (Å²) in [4.78, 5) is 29.6. The molecule has 1 aromatic heterocycles. The highest BCUT2D eigenvalue weighted by molar-refractivity contribution is 5.98. The Morgan fingerprint density at radius 1 is 1.20 bits per heavy atom. The molecule has 1 spiro atoms. The number of methoxy groups -OCH3 is 2. The van der Waals surface area contributed by atoms with Crippen LogP contribution in [0.4, 0.5) is 0 Å². The maximum absolute atomic E-state index is 12.8. The molecule has 4 rings (SSSR count). The van der Waals surface area contributed by atoms with Gasteiger partial charge in [0, 0.05) is 30.1 Å². The Balaban J connectivity index is 1.45. The molecule has 1 atom stereocenters. The number of H-pyrrole nitrogens is 1. The first-order chi connectivity index (χ1) is 12.1. The third kappa shape index (κ3) is 2.65. The van der Waals surface area contributed by atoms with E-state index in [4.69, 9.17) is 9.47 Å². The lowest BCUT2D eigenvalue weighted by molar-refractivity contribution is -0.143. The molecule has 0 bridgehead atoms. The molecule has 1 unspecified atom stereocenters. The summed E-state index contributed by atoms with van der Waals surface area (Å²) < 4.78 is 10.1. The van der Waals surface area contributed by atoms with Crippen LogP contribution in [0.25, 0.3) is 10.9 Å². The van der Waals surface area contributed by atoms with Crippen molar-refractivity contribution in [1.29, 1.82) is 0 Å². The van der Waals surface area contributed by atoms with Crippen LogP contribution in [0.15, 0.2) is 24.3 Å². The van der Waals surface area contributed by atoms with Crippen molar-refractivity contribution in [2.75, 3.05) is 27.3 Å². The third-order valence-electron chi connectivity index (χ3n) is 5.78. The molecule has 1 aliphatic carbocycles. The molecule has 1 N–H and O–H groups in total. The quantitative estimate of drug-likeness (QED) is 0.871. The van der Waals surface area contributed by atoms with Gasteiger partial charge < -0.3 is 19.4 Å². The highest BCUT2D eigenvalue weighted by atomic mass is 16.5. The maximum Gasteiger partial charge on any atom is 0.309 e. The number of fused-ring (bicyclic) bond motifs is 1. The van der Waals surface area contributed by atoms with E-state index in [0.29, 0.717) is 18.8 Å². The lowest BCUT2D eigenvalue weighted by atomic mass is 9.90. The first kappa shape index (κ1) is 16.0. The van der Waals surface area contributed by atoms with Crippen molar-refractivity contribution < 1.29 is 19.1 Å². The molecule has 1 amide bonds. The van der Waals surface area contributed by atoms with Crippen LogP contribution in [0.3, 0.4) is 0 Å². The number of rotatable bonds is 3. The number of esters is 1. The Bertz CT molecular complexity index is 833. The summed E-state index contributed by atoms with van der Waals surface area (Å²) in [6.07, 6.45) is 2.63. The van der Waals surface area contributed by atoms with Gasteiger partial charge in [-0.15, -0.1) is 0 Å². The molecule has 1 saturated heterocycles. The van der Waals surface area contributed by atoms with Crippen molar-refractivity contribution in [3.05, 3.63) is 30.0 Å². The molecule has 6 heteroatoms. The zero-order valence-electron chi connectivity index (χ0n) is 14.5. The molecule has 132 valence electrons. The van der Waals surface area contributed by atoms with Crippen LogP contribution in [-0.2, 0) is 9.53 Å². The Kier molecular flexibility index (Phi) is 3.71. The van der Waals surface area contributed by atoms with Crippen molar-refractivity contribution in [3.63, 3.8) is 0 Å². The van der Waals surface area contributed by atoms with Gasteiger partial charge >= 0.3 is 5.97 Å². The van der Waals surface area contributed by atoms with E-state index in [1.54, 1.807) is 7.11 Å². The molecule has 2 heterocycles. The molecule has 6 nitrogen and oxygen atoms in total. The molecule has 2 aliphatic rings. The number of likely N-dealkylation sites (tertiary alicyclic amines) is 1. The number of aromatic nitrogens is 1. The van der Waals surface area contributed by atoms with Gasteiger partial charge in [0.25, 0.3) is 5.91 Å². The Morgan fingerprint density at radius 3 is 2.64 bits per heavy atom. The summed E-state index contributed by atoms with van der Waals surface area (Å²) in [5.74, 6) is 0.691. The number of nitrogens with zero attached hydrogens (tertiary/aromatic N) is 1. The summed E-state index contributed by atoms with van der Waals surface area (Å²) in [6, 6.07) is 7.60. The van der Waals surface area contributed by atoms with Crippen LogP contribution < -0.4 is 4.74 Å². The Labute approximate surface area is 146 Å². The van der Waals surface area contributed by atoms with E-state index in [0.717, 1.165) is 35.9 Å². The number of aromatic amines is 1. The van der Waals surface area contributed by atoms with E-state index >= 15 is 0 Å². The van der Waals surface area contributed by atoms with Gasteiger partial charge in [-0.1, -0.05) is 0 Å². The van der Waals surface area contributed by atoms with Crippen LogP contribution in [0.5, 0.6) is 5.75 Å². The van der Waals surface area contributed by atoms with Crippen LogP contribution >= 0.6 is 0 Å². The van der Waals surface area contributed by atoms with E-state index in [9.17, 15) is 9.59 Å². The molecule has 1 saturated carbocycles. The minimum Gasteiger partial charge on any atom is -0.497 e. The van der Waals surface area contributed by atoms with Crippen molar-refractivity contribution in [2.45, 2.75) is 19.3 Å². The monoisotopic (exact) mass is 342 g/mol. The zero-order chi connectivity index (χ0) is 17.6. The number of carbonyl (C=O) groups excluding carboxylic acids is 2. The van der Waals surface area contributed by atoms with E-state index in [1.807, 2.05) is 29.2 Å². The van der Waals surface area contributed by atoms with E-state index in [1.165, 1.54) is 7.11 Å². The normalized spacial score (nSPS) is 21.4. The number of hydrogen-bond acceptors (Lipinski definition) is 4. The first-order valence-corrected chi connectivity index (χ1v) is 8.60. The number of carbonyl (C=O) groups is 2. The number of hydrogen-bond donors (Lipinski definition) is 1. The summed E-state index contributed by atoms with van der Waals surface area (Å²) in [6.45, 7) is 1.37. The molecule has 1 aliphatic heterocycles. The van der Waals surface area contributed by atoms with Gasteiger partial charge in [-0.3, -0.25) is 9.59 Å². The minimum atomic E-state index is -0.107. The summed E-state index contributed by atoms with van der Waals surface area (Å²) >= 11 is 0. The van der Waals surface area contributed by atoms with Gasteiger partial charge in [0.1, 0.15) is 11.4 Å². The van der Waals surface area contributed by atoms with Crippen LogP contribution in [0.1, 0.15) is 29.8 Å². The second kappa shape index (κ2) is 5.79. The number of amides is 1. The van der Waals surface area contributed by atoms with Gasteiger partial charge in [0.05, 0.1) is 20.1 Å². The largest absolute Gasteiger partial charge is 0.497 e. The number of nitrogens with one attached hydrogen (secondary N) is 1. The molecular formula is C19H22N2O4. The highest BCUT2D eigenvalue weighted by Crippen LogP contribution is 2.59. The Hall–Kier alpha value is -2.50. The van der Waals surface area contributed by atoms with Crippen molar-refractivity contribution in [1.82, 2.24) is 9.88 Å². The van der Waals surface area contributed by atoms with Gasteiger partial charge in [0.15, 0.2) is 0 Å². The fourth-order valence-corrected chi connectivity index (χ4v) is 4.05. The third-order valence-corrected chi connectivity index (χ3v) is 5.78. The van der Waals surface area contributed by atoms with Crippen LogP contribution in [0, 0.1) is 11.3 Å². The van der Waals surface area contributed by atoms with Gasteiger partial charge in [-0.2, -0.15) is 0 Å². The number of piperidine rings is 1. The first-order valence-electron chi connectivity index (χ1n) is 8.60. The predicted octanol–water partition coefficient (Wildman–Crippen LogP) is 2.59. The van der Waals surface area contributed by atoms with E-state index in [-0.39, 0.29) is 23.2 Å². The predicted molar refractivity (Wildman–Crippen MR) is 92.5 cm³/mol. The highest BCUT2D eigenvalue weighted by Gasteiger charge is 2.59. The smallest absolute Gasteiger partial charge is 0.309 e. The fraction of sp³-hybridized carbons (Fsp3) is 0.474. The van der Waals surface area contributed by atoms with E-state index in [2.05, 4.69) is 4.98 Å². The number of benzene rings is 1. The van der Waals surface area contributed by atoms with Crippen molar-refractivity contribution in [3.8, 4) is 5.75 Å². The SMILES string of the molecule is COC(=O)C1CC12CCN(C(=O)c1cc3ccc(OC)cc3[nH]1)CC2. The molecule has 1 aromatic carbocycles. The second-order valence-corrected chi connectivity index (χ2v) is 7.07. The summed E-state index contributed by atoms with van der Waals surface area (Å²) in [5, 5.41) is 0.991.